The number of amides is 1. The monoisotopic (exact) mass is 559 g/mol. The Bertz CT molecular complexity index is 1440. The summed E-state index contributed by atoms with van der Waals surface area (Å²) in [7, 11) is 2.14. The number of carbonyl (C=O) groups is 1. The Morgan fingerprint density at radius 1 is 1.21 bits per heavy atom. The van der Waals surface area contributed by atoms with E-state index >= 15 is 0 Å². The second-order valence-corrected chi connectivity index (χ2v) is 11.2. The first-order valence-electron chi connectivity index (χ1n) is 12.9. The SMILES string of the molecule is CN1[C@H]2CC[C@@H]1[C@H](Nc1cccc3c(SC(F)(F)F)c(C#CCNC(=O)c4cnn(C5COC5)c4)nn13)CC2. The molecule has 3 aliphatic heterocycles. The molecule has 3 atom stereocenters. The molecule has 0 aliphatic carbocycles. The molecule has 0 unspecified atom stereocenters. The summed E-state index contributed by atoms with van der Waals surface area (Å²) >= 11 is -0.226. The second kappa shape index (κ2) is 10.4. The molecule has 13 heteroatoms. The van der Waals surface area contributed by atoms with E-state index in [1.165, 1.54) is 17.1 Å². The van der Waals surface area contributed by atoms with Crippen molar-refractivity contribution >= 4 is 29.0 Å². The van der Waals surface area contributed by atoms with E-state index in [1.54, 1.807) is 23.0 Å². The number of hydrogen-bond donors (Lipinski definition) is 2. The minimum Gasteiger partial charge on any atom is -0.377 e. The summed E-state index contributed by atoms with van der Waals surface area (Å²) in [6, 6.07) is 6.48. The van der Waals surface area contributed by atoms with Crippen LogP contribution in [0.1, 0.15) is 47.8 Å². The number of anilines is 1. The van der Waals surface area contributed by atoms with Crippen LogP contribution in [0, 0.1) is 11.8 Å². The molecule has 2 N–H and O–H groups in total. The molecule has 6 rings (SSSR count). The molecule has 3 saturated heterocycles. The van der Waals surface area contributed by atoms with Crippen LogP contribution in [0.2, 0.25) is 0 Å². The van der Waals surface area contributed by atoms with Gasteiger partial charge < -0.3 is 15.4 Å². The van der Waals surface area contributed by atoms with E-state index in [4.69, 9.17) is 4.74 Å². The zero-order valence-electron chi connectivity index (χ0n) is 21.2. The van der Waals surface area contributed by atoms with Crippen LogP contribution in [0.3, 0.4) is 0 Å². The molecule has 0 aromatic carbocycles. The highest BCUT2D eigenvalue weighted by molar-refractivity contribution is 8.00. The summed E-state index contributed by atoms with van der Waals surface area (Å²) in [5, 5.41) is 14.9. The van der Waals surface area contributed by atoms with Crippen molar-refractivity contribution in [3.05, 3.63) is 41.9 Å². The third-order valence-corrected chi connectivity index (χ3v) is 8.57. The fourth-order valence-corrected chi connectivity index (χ4v) is 6.32. The summed E-state index contributed by atoms with van der Waals surface area (Å²) in [4.78, 5) is 14.8. The first-order chi connectivity index (χ1) is 18.8. The summed E-state index contributed by atoms with van der Waals surface area (Å²) < 4.78 is 48.8. The predicted molar refractivity (Wildman–Crippen MR) is 140 cm³/mol. The molecule has 3 aromatic rings. The number of pyridine rings is 1. The van der Waals surface area contributed by atoms with Crippen LogP contribution in [0.15, 0.2) is 35.5 Å². The van der Waals surface area contributed by atoms with Gasteiger partial charge in [-0.15, -0.1) is 0 Å². The largest absolute Gasteiger partial charge is 0.446 e. The van der Waals surface area contributed by atoms with Crippen molar-refractivity contribution in [3.63, 3.8) is 0 Å². The fourth-order valence-electron chi connectivity index (χ4n) is 5.64. The maximum absolute atomic E-state index is 13.5. The van der Waals surface area contributed by atoms with Crippen LogP contribution in [0.25, 0.3) is 5.52 Å². The van der Waals surface area contributed by atoms with Crippen molar-refractivity contribution in [2.45, 2.75) is 60.3 Å². The average molecular weight is 560 g/mol. The molecule has 3 fully saturated rings. The van der Waals surface area contributed by atoms with Crippen molar-refractivity contribution in [2.75, 3.05) is 32.1 Å². The molecular weight excluding hydrogens is 531 g/mol. The second-order valence-electron chi connectivity index (χ2n) is 10.1. The minimum atomic E-state index is -4.51. The summed E-state index contributed by atoms with van der Waals surface area (Å²) in [5.74, 6) is 5.77. The van der Waals surface area contributed by atoms with Gasteiger partial charge in [0.15, 0.2) is 0 Å². The van der Waals surface area contributed by atoms with Crippen LogP contribution in [-0.4, -0.2) is 80.6 Å². The lowest BCUT2D eigenvalue weighted by atomic mass is 9.98. The van der Waals surface area contributed by atoms with Crippen LogP contribution >= 0.6 is 11.8 Å². The lowest BCUT2D eigenvalue weighted by molar-refractivity contribution is -0.0328. The van der Waals surface area contributed by atoms with Gasteiger partial charge in [-0.1, -0.05) is 12.0 Å². The third kappa shape index (κ3) is 5.33. The molecule has 0 spiro atoms. The molecule has 9 nitrogen and oxygen atoms in total. The molecule has 1 amide bonds. The Morgan fingerprint density at radius 2 is 2.03 bits per heavy atom. The minimum absolute atomic E-state index is 0.0142. The maximum Gasteiger partial charge on any atom is 0.446 e. The van der Waals surface area contributed by atoms with Crippen molar-refractivity contribution in [1.82, 2.24) is 29.6 Å². The van der Waals surface area contributed by atoms with E-state index in [0.717, 1.165) is 19.3 Å². The number of halogens is 3. The molecule has 39 heavy (non-hydrogen) atoms. The van der Waals surface area contributed by atoms with Gasteiger partial charge in [-0.3, -0.25) is 14.4 Å². The number of alkyl halides is 3. The van der Waals surface area contributed by atoms with Gasteiger partial charge in [0.05, 0.1) is 48.0 Å². The van der Waals surface area contributed by atoms with Crippen LogP contribution in [-0.2, 0) is 4.74 Å². The van der Waals surface area contributed by atoms with Crippen LogP contribution < -0.4 is 10.6 Å². The van der Waals surface area contributed by atoms with Gasteiger partial charge in [-0.2, -0.15) is 23.4 Å². The van der Waals surface area contributed by atoms with Gasteiger partial charge in [0.1, 0.15) is 11.5 Å². The Kier molecular flexibility index (Phi) is 6.95. The summed E-state index contributed by atoms with van der Waals surface area (Å²) in [5.41, 5.74) is -3.78. The number of aromatic nitrogens is 4. The number of rotatable bonds is 6. The first-order valence-corrected chi connectivity index (χ1v) is 13.7. The molecule has 6 heterocycles. The number of hydrogen-bond acceptors (Lipinski definition) is 7. The van der Waals surface area contributed by atoms with Crippen LogP contribution in [0.5, 0.6) is 0 Å². The topological polar surface area (TPSA) is 88.7 Å². The number of likely N-dealkylation sites (N-methyl/N-ethyl adjacent to an activating group) is 1. The Balaban J connectivity index is 1.21. The standard InChI is InChI=1S/C26H28F3N7O2S/c1-34-17-7-9-19(21(34)10-8-17)32-23-6-2-5-22-24(39-26(27,28)29)20(33-36(22)23)4-3-11-30-25(37)16-12-31-35(13-16)18-14-38-15-18/h2,5-6,12-13,17-19,21,32H,7-11,14-15H2,1H3,(H,30,37)/t17-,19-,21-/m1/s1. The smallest absolute Gasteiger partial charge is 0.377 e. The van der Waals surface area contributed by atoms with Crippen molar-refractivity contribution in [2.24, 2.45) is 0 Å². The predicted octanol–water partition coefficient (Wildman–Crippen LogP) is 3.53. The highest BCUT2D eigenvalue weighted by Gasteiger charge is 2.40. The molecule has 0 radical (unpaired) electrons. The number of ether oxygens (including phenoxy) is 1. The highest BCUT2D eigenvalue weighted by atomic mass is 32.2. The van der Waals surface area contributed by atoms with Crippen molar-refractivity contribution < 1.29 is 22.7 Å². The van der Waals surface area contributed by atoms with E-state index in [2.05, 4.69) is 44.6 Å². The highest BCUT2D eigenvalue weighted by Crippen LogP contribution is 2.41. The van der Waals surface area contributed by atoms with Gasteiger partial charge in [-0.05, 0) is 62.5 Å². The van der Waals surface area contributed by atoms with Gasteiger partial charge >= 0.3 is 5.51 Å². The fraction of sp³-hybridized carbons (Fsp3) is 0.500. The van der Waals surface area contributed by atoms with E-state index in [0.29, 0.717) is 42.2 Å². The third-order valence-electron chi connectivity index (χ3n) is 7.74. The summed E-state index contributed by atoms with van der Waals surface area (Å²) in [6.07, 6.45) is 7.47. The van der Waals surface area contributed by atoms with Crippen molar-refractivity contribution in [3.8, 4) is 11.8 Å². The van der Waals surface area contributed by atoms with Gasteiger partial charge in [0.2, 0.25) is 0 Å². The Hall–Kier alpha value is -3.21. The van der Waals surface area contributed by atoms with Gasteiger partial charge in [-0.25, -0.2) is 4.52 Å². The molecule has 2 bridgehead atoms. The number of nitrogens with one attached hydrogen (secondary N) is 2. The lowest BCUT2D eigenvalue weighted by Gasteiger charge is -2.38. The van der Waals surface area contributed by atoms with E-state index in [9.17, 15) is 18.0 Å². The first kappa shape index (κ1) is 26.0. The zero-order valence-corrected chi connectivity index (χ0v) is 22.1. The summed E-state index contributed by atoms with van der Waals surface area (Å²) in [6.45, 7) is 1.06. The van der Waals surface area contributed by atoms with E-state index < -0.39 is 5.51 Å². The molecule has 0 saturated carbocycles. The quantitative estimate of drug-likeness (QED) is 0.353. The molecule has 3 aromatic heterocycles. The number of thioether (sulfide) groups is 1. The number of nitrogens with zero attached hydrogens (tertiary/aromatic N) is 5. The van der Waals surface area contributed by atoms with Crippen molar-refractivity contribution in [1.29, 1.82) is 0 Å². The Labute approximate surface area is 227 Å². The molecule has 206 valence electrons. The van der Waals surface area contributed by atoms with Crippen LogP contribution in [0.4, 0.5) is 19.0 Å². The maximum atomic E-state index is 13.5. The zero-order chi connectivity index (χ0) is 27.1. The number of fused-ring (bicyclic) bond motifs is 3. The number of carbonyl (C=O) groups excluding carboxylic acids is 1. The Morgan fingerprint density at radius 3 is 2.79 bits per heavy atom. The number of piperidine rings is 1. The van der Waals surface area contributed by atoms with Gasteiger partial charge in [0.25, 0.3) is 5.91 Å². The normalized spacial score (nSPS) is 23.3. The van der Waals surface area contributed by atoms with E-state index in [1.807, 2.05) is 6.07 Å². The van der Waals surface area contributed by atoms with E-state index in [-0.39, 0.29) is 46.9 Å². The average Bonchev–Trinajstić information content (AvgIpc) is 3.52. The van der Waals surface area contributed by atoms with Gasteiger partial charge in [0, 0.05) is 24.3 Å². The molecular formula is C26H28F3N7O2S. The molecule has 3 aliphatic rings. The lowest BCUT2D eigenvalue weighted by Crippen LogP contribution is -2.48.